The summed E-state index contributed by atoms with van der Waals surface area (Å²) in [6.45, 7) is 3.02. The maximum atomic E-state index is 11.9. The van der Waals surface area contributed by atoms with E-state index < -0.39 is 10.8 Å². The summed E-state index contributed by atoms with van der Waals surface area (Å²) in [6.07, 6.45) is 6.88. The van der Waals surface area contributed by atoms with Crippen LogP contribution in [0.5, 0.6) is 0 Å². The smallest absolute Gasteiger partial charge is 0.237 e. The van der Waals surface area contributed by atoms with Gasteiger partial charge in [-0.15, -0.1) is 0 Å². The lowest BCUT2D eigenvalue weighted by atomic mass is 10.0. The highest BCUT2D eigenvalue weighted by molar-refractivity contribution is 7.84. The fourth-order valence-corrected chi connectivity index (χ4v) is 3.22. The molecule has 98 valence electrons. The zero-order valence-corrected chi connectivity index (χ0v) is 11.5. The van der Waals surface area contributed by atoms with E-state index in [0.717, 1.165) is 0 Å². The first-order valence-electron chi connectivity index (χ1n) is 6.44. The second-order valence-corrected chi connectivity index (χ2v) is 7.03. The third-order valence-corrected chi connectivity index (χ3v) is 5.27. The molecular formula is C12H22N2O2S. The molecule has 0 bridgehead atoms. The molecule has 0 radical (unpaired) electrons. The van der Waals surface area contributed by atoms with E-state index in [-0.39, 0.29) is 17.3 Å². The Morgan fingerprint density at radius 2 is 2.12 bits per heavy atom. The van der Waals surface area contributed by atoms with Crippen LogP contribution in [0.1, 0.15) is 32.6 Å². The molecule has 5 heteroatoms. The van der Waals surface area contributed by atoms with Crippen LogP contribution >= 0.6 is 0 Å². The van der Waals surface area contributed by atoms with Gasteiger partial charge in [-0.1, -0.05) is 12.8 Å². The van der Waals surface area contributed by atoms with E-state index in [0.29, 0.717) is 19.0 Å². The maximum Gasteiger partial charge on any atom is 0.237 e. The predicted octanol–water partition coefficient (Wildman–Crippen LogP) is 0.701. The Morgan fingerprint density at radius 1 is 1.47 bits per heavy atom. The lowest BCUT2D eigenvalue weighted by Gasteiger charge is -2.30. The van der Waals surface area contributed by atoms with Crippen molar-refractivity contribution in [1.29, 1.82) is 0 Å². The minimum atomic E-state index is -0.859. The van der Waals surface area contributed by atoms with Crippen molar-refractivity contribution in [2.45, 2.75) is 44.0 Å². The number of hydrogen-bond donors (Lipinski definition) is 1. The molecule has 4 nitrogen and oxygen atoms in total. The third kappa shape index (κ3) is 2.88. The van der Waals surface area contributed by atoms with Gasteiger partial charge in [0.25, 0.3) is 0 Å². The Labute approximate surface area is 106 Å². The van der Waals surface area contributed by atoms with Gasteiger partial charge < -0.3 is 4.90 Å². The zero-order valence-electron chi connectivity index (χ0n) is 10.6. The Balaban J connectivity index is 2.00. The molecule has 2 rings (SSSR count). The molecule has 2 fully saturated rings. The van der Waals surface area contributed by atoms with Gasteiger partial charge in [0.15, 0.2) is 0 Å². The highest BCUT2D eigenvalue weighted by Crippen LogP contribution is 2.30. The molecule has 3 unspecified atom stereocenters. The molecule has 0 aromatic carbocycles. The zero-order chi connectivity index (χ0) is 12.4. The number of rotatable bonds is 4. The van der Waals surface area contributed by atoms with Crippen LogP contribution in [0.4, 0.5) is 0 Å². The normalized spacial score (nSPS) is 29.9. The Bertz CT molecular complexity index is 316. The van der Waals surface area contributed by atoms with Crippen LogP contribution in [-0.4, -0.2) is 45.8 Å². The van der Waals surface area contributed by atoms with Crippen LogP contribution in [0.15, 0.2) is 0 Å². The average molecular weight is 258 g/mol. The molecule has 0 spiro atoms. The van der Waals surface area contributed by atoms with Crippen LogP contribution in [0.25, 0.3) is 0 Å². The van der Waals surface area contributed by atoms with Gasteiger partial charge in [0, 0.05) is 28.9 Å². The fraction of sp³-hybridized carbons (Fsp3) is 0.917. The third-order valence-electron chi connectivity index (χ3n) is 3.99. The van der Waals surface area contributed by atoms with Crippen LogP contribution in [-0.2, 0) is 15.6 Å². The van der Waals surface area contributed by atoms with Gasteiger partial charge in [0.1, 0.15) is 0 Å². The highest BCUT2D eigenvalue weighted by atomic mass is 32.2. The van der Waals surface area contributed by atoms with E-state index in [1.165, 1.54) is 25.7 Å². The summed E-state index contributed by atoms with van der Waals surface area (Å²) < 4.78 is 11.4. The summed E-state index contributed by atoms with van der Waals surface area (Å²) in [5.74, 6) is 0.762. The summed E-state index contributed by atoms with van der Waals surface area (Å²) in [6, 6.07) is 0. The van der Waals surface area contributed by atoms with Crippen molar-refractivity contribution >= 4 is 16.7 Å². The van der Waals surface area contributed by atoms with Crippen molar-refractivity contribution in [3.8, 4) is 0 Å². The van der Waals surface area contributed by atoms with E-state index in [2.05, 4.69) is 5.32 Å². The topological polar surface area (TPSA) is 49.4 Å². The molecular weight excluding hydrogens is 236 g/mol. The summed E-state index contributed by atoms with van der Waals surface area (Å²) in [5.41, 5.74) is 0. The summed E-state index contributed by atoms with van der Waals surface area (Å²) in [7, 11) is -0.859. The Hall–Kier alpha value is -0.420. The molecule has 1 N–H and O–H groups in total. The van der Waals surface area contributed by atoms with Crippen molar-refractivity contribution in [3.63, 3.8) is 0 Å². The number of nitrogens with zero attached hydrogens (tertiary/aromatic N) is 1. The van der Waals surface area contributed by atoms with E-state index in [4.69, 9.17) is 0 Å². The van der Waals surface area contributed by atoms with E-state index in [9.17, 15) is 9.00 Å². The first-order valence-corrected chi connectivity index (χ1v) is 8.07. The first kappa shape index (κ1) is 13.0. The van der Waals surface area contributed by atoms with Gasteiger partial charge in [0.05, 0.1) is 12.7 Å². The lowest BCUT2D eigenvalue weighted by Crippen LogP contribution is -2.45. The Morgan fingerprint density at radius 3 is 2.71 bits per heavy atom. The monoisotopic (exact) mass is 258 g/mol. The SMILES string of the molecule is CC(CN1C(=O)CNC1C1CCCC1)S(C)=O. The molecule has 2 aliphatic rings. The molecule has 1 heterocycles. The minimum absolute atomic E-state index is 0.0581. The molecule has 1 amide bonds. The molecule has 17 heavy (non-hydrogen) atoms. The second-order valence-electron chi connectivity index (χ2n) is 5.23. The van der Waals surface area contributed by atoms with Crippen LogP contribution < -0.4 is 5.32 Å². The molecule has 1 aliphatic heterocycles. The Kier molecular flexibility index (Phi) is 4.20. The van der Waals surface area contributed by atoms with Crippen molar-refractivity contribution in [1.82, 2.24) is 10.2 Å². The molecule has 1 saturated heterocycles. The van der Waals surface area contributed by atoms with Gasteiger partial charge >= 0.3 is 0 Å². The summed E-state index contributed by atoms with van der Waals surface area (Å²) >= 11 is 0. The predicted molar refractivity (Wildman–Crippen MR) is 69.0 cm³/mol. The largest absolute Gasteiger partial charge is 0.325 e. The summed E-state index contributed by atoms with van der Waals surface area (Å²) in [4.78, 5) is 13.8. The van der Waals surface area contributed by atoms with Crippen LogP contribution in [0.2, 0.25) is 0 Å². The van der Waals surface area contributed by atoms with Crippen LogP contribution in [0.3, 0.4) is 0 Å². The average Bonchev–Trinajstić information content (AvgIpc) is 2.89. The van der Waals surface area contributed by atoms with Gasteiger partial charge in [-0.3, -0.25) is 14.3 Å². The highest BCUT2D eigenvalue weighted by Gasteiger charge is 2.37. The fourth-order valence-electron chi connectivity index (χ4n) is 2.85. The van der Waals surface area contributed by atoms with Gasteiger partial charge in [-0.05, 0) is 25.7 Å². The van der Waals surface area contributed by atoms with E-state index in [1.54, 1.807) is 6.26 Å². The molecule has 1 aliphatic carbocycles. The minimum Gasteiger partial charge on any atom is -0.325 e. The number of hydrogen-bond acceptors (Lipinski definition) is 3. The molecule has 3 atom stereocenters. The van der Waals surface area contributed by atoms with Crippen molar-refractivity contribution < 1.29 is 9.00 Å². The van der Waals surface area contributed by atoms with Gasteiger partial charge in [0.2, 0.25) is 5.91 Å². The quantitative estimate of drug-likeness (QED) is 0.807. The van der Waals surface area contributed by atoms with Crippen molar-refractivity contribution in [3.05, 3.63) is 0 Å². The number of amides is 1. The standard InChI is InChI=1S/C12H22N2O2S/c1-9(17(2)16)8-14-11(15)7-13-12(14)10-5-3-4-6-10/h9-10,12-13H,3-8H2,1-2H3. The first-order chi connectivity index (χ1) is 8.09. The van der Waals surface area contributed by atoms with Crippen molar-refractivity contribution in [2.75, 3.05) is 19.3 Å². The van der Waals surface area contributed by atoms with Gasteiger partial charge in [-0.2, -0.15) is 0 Å². The molecule has 0 aromatic rings. The maximum absolute atomic E-state index is 11.9. The van der Waals surface area contributed by atoms with E-state index in [1.807, 2.05) is 11.8 Å². The second kappa shape index (κ2) is 5.48. The molecule has 0 aromatic heterocycles. The number of carbonyl (C=O) groups excluding carboxylic acids is 1. The number of carbonyl (C=O) groups is 1. The van der Waals surface area contributed by atoms with Crippen LogP contribution in [0, 0.1) is 5.92 Å². The number of nitrogens with one attached hydrogen (secondary N) is 1. The van der Waals surface area contributed by atoms with Gasteiger partial charge in [-0.25, -0.2) is 0 Å². The summed E-state index contributed by atoms with van der Waals surface area (Å²) in [5, 5.41) is 3.38. The molecule has 1 saturated carbocycles. The van der Waals surface area contributed by atoms with E-state index >= 15 is 0 Å². The lowest BCUT2D eigenvalue weighted by molar-refractivity contribution is -0.128. The van der Waals surface area contributed by atoms with Crippen molar-refractivity contribution in [2.24, 2.45) is 5.92 Å².